The van der Waals surface area contributed by atoms with Crippen molar-refractivity contribution in [3.8, 4) is 0 Å². The minimum Gasteiger partial charge on any atom is -0.387 e. The lowest BCUT2D eigenvalue weighted by atomic mass is 9.88. The number of hydrogen-bond donors (Lipinski definition) is 2. The van der Waals surface area contributed by atoms with E-state index in [2.05, 4.69) is 45.4 Å². The monoisotopic (exact) mass is 424 g/mol. The first-order chi connectivity index (χ1) is 14.7. The van der Waals surface area contributed by atoms with Gasteiger partial charge in [0.2, 0.25) is 0 Å². The molecule has 1 spiro atoms. The maximum atomic E-state index is 12.8. The van der Waals surface area contributed by atoms with E-state index in [9.17, 15) is 4.79 Å². The second-order valence-corrected chi connectivity index (χ2v) is 10.2. The van der Waals surface area contributed by atoms with Gasteiger partial charge in [0, 0.05) is 37.5 Å². The van der Waals surface area contributed by atoms with Crippen LogP contribution < -0.4 is 21.1 Å². The van der Waals surface area contributed by atoms with E-state index in [1.54, 1.807) is 0 Å². The molecular weight excluding hydrogens is 392 g/mol. The molecule has 1 aliphatic carbocycles. The van der Waals surface area contributed by atoms with Gasteiger partial charge < -0.3 is 10.6 Å². The van der Waals surface area contributed by atoms with Crippen molar-refractivity contribution in [3.05, 3.63) is 34.2 Å². The van der Waals surface area contributed by atoms with Crippen LogP contribution >= 0.6 is 11.9 Å². The summed E-state index contributed by atoms with van der Waals surface area (Å²) in [5.41, 5.74) is 0.947. The first-order valence-corrected chi connectivity index (χ1v) is 12.5. The molecule has 3 heterocycles. The van der Waals surface area contributed by atoms with Gasteiger partial charge in [-0.2, -0.15) is 0 Å². The minimum absolute atomic E-state index is 0.157. The second-order valence-electron chi connectivity index (χ2n) is 9.01. The van der Waals surface area contributed by atoms with Gasteiger partial charge in [0.1, 0.15) is 11.4 Å². The summed E-state index contributed by atoms with van der Waals surface area (Å²) >= 11 is 1.93. The molecule has 1 amide bonds. The maximum absolute atomic E-state index is 12.8. The number of hydrogen-bond acceptors (Lipinski definition) is 5. The van der Waals surface area contributed by atoms with E-state index in [-0.39, 0.29) is 5.91 Å². The summed E-state index contributed by atoms with van der Waals surface area (Å²) in [4.78, 5) is 17.8. The summed E-state index contributed by atoms with van der Waals surface area (Å²) in [5.74, 6) is 2.71. The van der Waals surface area contributed by atoms with Crippen LogP contribution in [-0.2, 0) is 11.2 Å². The summed E-state index contributed by atoms with van der Waals surface area (Å²) in [7, 11) is 0. The Kier molecular flexibility index (Phi) is 5.87. The standard InChI is InChI=1S/C24H32N4OS/c29-23-24(27-22(26-23)19-5-2-1-3-6-19)11-14-28(15-12-24)30-16-10-18-7-4-8-20-17-25-13-9-21(18)20/h4,7-9,17,19,25H,1-3,5-6,10-16H2,(H,26,27,29). The third kappa shape index (κ3) is 4.04. The molecule has 2 fully saturated rings. The Morgan fingerprint density at radius 2 is 2.00 bits per heavy atom. The van der Waals surface area contributed by atoms with E-state index in [0.717, 1.165) is 50.5 Å². The largest absolute Gasteiger partial charge is 0.387 e. The van der Waals surface area contributed by atoms with Gasteiger partial charge in [-0.25, -0.2) is 0 Å². The van der Waals surface area contributed by atoms with Crippen molar-refractivity contribution in [2.24, 2.45) is 10.9 Å². The van der Waals surface area contributed by atoms with Gasteiger partial charge in [-0.05, 0) is 48.1 Å². The van der Waals surface area contributed by atoms with E-state index < -0.39 is 5.54 Å². The molecule has 0 radical (unpaired) electrons. The number of nitrogens with one attached hydrogen (secondary N) is 2. The average molecular weight is 425 g/mol. The van der Waals surface area contributed by atoms with Crippen molar-refractivity contribution in [1.29, 1.82) is 0 Å². The fraction of sp³-hybridized carbons (Fsp3) is 0.583. The van der Waals surface area contributed by atoms with Gasteiger partial charge in [0.05, 0.1) is 0 Å². The van der Waals surface area contributed by atoms with Gasteiger partial charge in [-0.15, -0.1) is 0 Å². The van der Waals surface area contributed by atoms with Crippen LogP contribution in [0.1, 0.15) is 50.5 Å². The number of fused-ring (bicyclic) bond motifs is 1. The molecule has 0 aromatic heterocycles. The molecule has 5 rings (SSSR count). The zero-order valence-electron chi connectivity index (χ0n) is 17.7. The number of benzene rings is 1. The molecular formula is C24H32N4OS. The van der Waals surface area contributed by atoms with Crippen molar-refractivity contribution < 1.29 is 4.79 Å². The molecule has 0 bridgehead atoms. The van der Waals surface area contributed by atoms with E-state index in [1.165, 1.54) is 48.1 Å². The van der Waals surface area contributed by atoms with Crippen molar-refractivity contribution in [1.82, 2.24) is 14.9 Å². The molecule has 30 heavy (non-hydrogen) atoms. The fourth-order valence-electron chi connectivity index (χ4n) is 5.28. The van der Waals surface area contributed by atoms with Crippen molar-refractivity contribution >= 4 is 36.0 Å². The van der Waals surface area contributed by atoms with E-state index in [0.29, 0.717) is 5.92 Å². The number of aliphatic imine (C=N–C) groups is 1. The van der Waals surface area contributed by atoms with Crippen LogP contribution in [-0.4, -0.2) is 47.0 Å². The van der Waals surface area contributed by atoms with Crippen molar-refractivity contribution in [3.63, 3.8) is 0 Å². The summed E-state index contributed by atoms with van der Waals surface area (Å²) in [6.07, 6.45) is 13.4. The summed E-state index contributed by atoms with van der Waals surface area (Å²) in [6, 6.07) is 6.58. The number of nitrogens with zero attached hydrogens (tertiary/aromatic N) is 2. The molecule has 3 aliphatic heterocycles. The molecule has 5 nitrogen and oxygen atoms in total. The van der Waals surface area contributed by atoms with Crippen molar-refractivity contribution in [2.75, 3.05) is 25.4 Å². The highest BCUT2D eigenvalue weighted by Gasteiger charge is 2.46. The second kappa shape index (κ2) is 8.75. The summed E-state index contributed by atoms with van der Waals surface area (Å²) < 4.78 is 2.44. The van der Waals surface area contributed by atoms with Crippen LogP contribution in [0.15, 0.2) is 23.2 Å². The third-order valence-electron chi connectivity index (χ3n) is 7.10. The number of carbonyl (C=O) groups is 1. The fourth-order valence-corrected chi connectivity index (χ4v) is 6.29. The first kappa shape index (κ1) is 20.1. The van der Waals surface area contributed by atoms with E-state index in [4.69, 9.17) is 4.99 Å². The number of carbonyl (C=O) groups excluding carboxylic acids is 1. The normalized spacial score (nSPS) is 23.7. The number of amides is 1. The highest BCUT2D eigenvalue weighted by atomic mass is 32.2. The third-order valence-corrected chi connectivity index (χ3v) is 8.21. The number of amidine groups is 1. The highest BCUT2D eigenvalue weighted by molar-refractivity contribution is 7.97. The number of aryl methyl sites for hydroxylation is 1. The topological polar surface area (TPSA) is 56.7 Å². The molecule has 0 atom stereocenters. The Labute approximate surface area is 183 Å². The molecule has 1 aromatic rings. The molecule has 0 unspecified atom stereocenters. The van der Waals surface area contributed by atoms with E-state index in [1.807, 2.05) is 11.9 Å². The molecule has 6 heteroatoms. The zero-order valence-corrected chi connectivity index (χ0v) is 18.5. The minimum atomic E-state index is -0.486. The Morgan fingerprint density at radius 3 is 2.83 bits per heavy atom. The Hall–Kier alpha value is -1.79. The van der Waals surface area contributed by atoms with Crippen molar-refractivity contribution in [2.45, 2.75) is 56.9 Å². The summed E-state index contributed by atoms with van der Waals surface area (Å²) in [6.45, 7) is 2.79. The average Bonchev–Trinajstić information content (AvgIpc) is 3.12. The van der Waals surface area contributed by atoms with Crippen LogP contribution in [0.25, 0.3) is 12.3 Å². The van der Waals surface area contributed by atoms with Crippen LogP contribution in [0.3, 0.4) is 0 Å². The molecule has 1 aromatic carbocycles. The molecule has 160 valence electrons. The first-order valence-electron chi connectivity index (χ1n) is 11.5. The predicted molar refractivity (Wildman–Crippen MR) is 124 cm³/mol. The zero-order chi connectivity index (χ0) is 20.4. The Bertz CT molecular complexity index is 942. The summed E-state index contributed by atoms with van der Waals surface area (Å²) in [5, 5.41) is 9.14. The SMILES string of the molecule is O=C1NC(C2CCCCC2)=NC12CCN(SCCc1cccc3c1=CCNC=3)CC2. The Balaban J connectivity index is 1.15. The van der Waals surface area contributed by atoms with Crippen LogP contribution in [0, 0.1) is 5.92 Å². The number of piperidine rings is 1. The lowest BCUT2D eigenvalue weighted by molar-refractivity contribution is -0.124. The van der Waals surface area contributed by atoms with Gasteiger partial charge in [-0.1, -0.05) is 55.5 Å². The molecule has 1 saturated carbocycles. The van der Waals surface area contributed by atoms with Gasteiger partial charge >= 0.3 is 0 Å². The van der Waals surface area contributed by atoms with Gasteiger partial charge in [0.25, 0.3) is 5.91 Å². The maximum Gasteiger partial charge on any atom is 0.253 e. The smallest absolute Gasteiger partial charge is 0.253 e. The number of rotatable bonds is 5. The predicted octanol–water partition coefficient (Wildman–Crippen LogP) is 1.94. The lowest BCUT2D eigenvalue weighted by Gasteiger charge is -2.34. The molecule has 4 aliphatic rings. The highest BCUT2D eigenvalue weighted by Crippen LogP contribution is 2.35. The van der Waals surface area contributed by atoms with E-state index >= 15 is 0 Å². The van der Waals surface area contributed by atoms with Gasteiger partial charge in [0.15, 0.2) is 0 Å². The van der Waals surface area contributed by atoms with Crippen LogP contribution in [0.2, 0.25) is 0 Å². The van der Waals surface area contributed by atoms with Gasteiger partial charge in [-0.3, -0.25) is 14.1 Å². The molecule has 1 saturated heterocycles. The molecule has 2 N–H and O–H groups in total. The van der Waals surface area contributed by atoms with Crippen LogP contribution in [0.5, 0.6) is 0 Å². The lowest BCUT2D eigenvalue weighted by Crippen LogP contribution is -2.47. The van der Waals surface area contributed by atoms with Crippen LogP contribution in [0.4, 0.5) is 0 Å². The Morgan fingerprint density at radius 1 is 1.17 bits per heavy atom. The quantitative estimate of drug-likeness (QED) is 0.710.